The number of hydrogen-bond donors (Lipinski definition) is 0. The van der Waals surface area contributed by atoms with E-state index in [0.29, 0.717) is 41.0 Å². The van der Waals surface area contributed by atoms with Crippen LogP contribution in [0.25, 0.3) is 0 Å². The van der Waals surface area contributed by atoms with Gasteiger partial charge in [-0.05, 0) is 42.3 Å². The first-order valence-electron chi connectivity index (χ1n) is 9.02. The molecular weight excluding hydrogens is 376 g/mol. The van der Waals surface area contributed by atoms with Crippen molar-refractivity contribution in [1.82, 2.24) is 0 Å². The smallest absolute Gasteiger partial charge is 0.310 e. The van der Waals surface area contributed by atoms with E-state index in [1.54, 1.807) is 25.1 Å². The summed E-state index contributed by atoms with van der Waals surface area (Å²) in [5, 5.41) is 0.460. The summed E-state index contributed by atoms with van der Waals surface area (Å²) in [5.74, 6) is 1.63. The molecule has 0 spiro atoms. The summed E-state index contributed by atoms with van der Waals surface area (Å²) >= 11 is 6.28. The third-order valence-electron chi connectivity index (χ3n) is 3.95. The van der Waals surface area contributed by atoms with Crippen LogP contribution < -0.4 is 9.47 Å². The maximum absolute atomic E-state index is 11.6. The third-order valence-corrected chi connectivity index (χ3v) is 4.31. The molecule has 3 rings (SSSR count). The number of rotatable bonds is 8. The average Bonchev–Trinajstić information content (AvgIpc) is 2.70. The SMILES string of the molecule is CCOC(=O)Cc1ccc(Oc2cccc(OCc3ccccc3)c2)cc1Cl. The lowest BCUT2D eigenvalue weighted by molar-refractivity contribution is -0.142. The monoisotopic (exact) mass is 396 g/mol. The summed E-state index contributed by atoms with van der Waals surface area (Å²) < 4.78 is 16.7. The minimum absolute atomic E-state index is 0.135. The van der Waals surface area contributed by atoms with Crippen molar-refractivity contribution in [2.24, 2.45) is 0 Å². The Balaban J connectivity index is 1.63. The highest BCUT2D eigenvalue weighted by Crippen LogP contribution is 2.29. The fraction of sp³-hybridized carbons (Fsp3) is 0.174. The topological polar surface area (TPSA) is 44.8 Å². The third kappa shape index (κ3) is 5.76. The lowest BCUT2D eigenvalue weighted by atomic mass is 10.1. The van der Waals surface area contributed by atoms with E-state index in [1.165, 1.54) is 0 Å². The summed E-state index contributed by atoms with van der Waals surface area (Å²) in [6.45, 7) is 2.60. The van der Waals surface area contributed by atoms with Gasteiger partial charge < -0.3 is 14.2 Å². The first kappa shape index (κ1) is 19.8. The van der Waals surface area contributed by atoms with E-state index in [-0.39, 0.29) is 12.4 Å². The molecule has 28 heavy (non-hydrogen) atoms. The zero-order valence-corrected chi connectivity index (χ0v) is 16.3. The molecule has 4 nitrogen and oxygen atoms in total. The van der Waals surface area contributed by atoms with E-state index in [2.05, 4.69) is 0 Å². The number of ether oxygens (including phenoxy) is 3. The molecule has 0 bridgehead atoms. The van der Waals surface area contributed by atoms with Gasteiger partial charge in [0.25, 0.3) is 0 Å². The Morgan fingerprint density at radius 1 is 0.893 bits per heavy atom. The van der Waals surface area contributed by atoms with Crippen molar-refractivity contribution in [3.63, 3.8) is 0 Å². The maximum atomic E-state index is 11.6. The van der Waals surface area contributed by atoms with Gasteiger partial charge in [-0.25, -0.2) is 0 Å². The molecule has 5 heteroatoms. The highest BCUT2D eigenvalue weighted by atomic mass is 35.5. The Kier molecular flexibility index (Phi) is 6.93. The van der Waals surface area contributed by atoms with Crippen LogP contribution in [-0.4, -0.2) is 12.6 Å². The molecule has 0 aromatic heterocycles. The minimum atomic E-state index is -0.304. The standard InChI is InChI=1S/C23H21ClO4/c1-2-26-23(25)13-18-11-12-21(15-22(18)24)28-20-10-6-9-19(14-20)27-16-17-7-4-3-5-8-17/h3-12,14-15H,2,13,16H2,1H3. The molecule has 0 saturated heterocycles. The van der Waals surface area contributed by atoms with Gasteiger partial charge in [-0.15, -0.1) is 0 Å². The second-order valence-electron chi connectivity index (χ2n) is 6.09. The summed E-state index contributed by atoms with van der Waals surface area (Å²) in [4.78, 5) is 11.6. The van der Waals surface area contributed by atoms with Gasteiger partial charge in [-0.1, -0.05) is 54.1 Å². The molecule has 3 aromatic carbocycles. The molecule has 0 atom stereocenters. The first-order valence-corrected chi connectivity index (χ1v) is 9.40. The fourth-order valence-corrected chi connectivity index (χ4v) is 2.84. The van der Waals surface area contributed by atoms with Crippen molar-refractivity contribution in [2.75, 3.05) is 6.61 Å². The van der Waals surface area contributed by atoms with Gasteiger partial charge in [0.15, 0.2) is 0 Å². The van der Waals surface area contributed by atoms with Gasteiger partial charge in [0.2, 0.25) is 0 Å². The lowest BCUT2D eigenvalue weighted by Gasteiger charge is -2.11. The number of benzene rings is 3. The summed E-state index contributed by atoms with van der Waals surface area (Å²) in [6, 6.07) is 22.6. The van der Waals surface area contributed by atoms with Crippen LogP contribution in [0.1, 0.15) is 18.1 Å². The molecule has 144 valence electrons. The molecule has 0 aliphatic rings. The van der Waals surface area contributed by atoms with Crippen LogP contribution in [0.3, 0.4) is 0 Å². The number of halogens is 1. The quantitative estimate of drug-likeness (QED) is 0.450. The number of esters is 1. The summed E-state index contributed by atoms with van der Waals surface area (Å²) in [5.41, 5.74) is 1.80. The molecule has 0 aliphatic carbocycles. The van der Waals surface area contributed by atoms with Crippen molar-refractivity contribution in [3.8, 4) is 17.2 Å². The molecule has 0 unspecified atom stereocenters. The maximum Gasteiger partial charge on any atom is 0.310 e. The number of carbonyl (C=O) groups is 1. The molecule has 0 radical (unpaired) electrons. The van der Waals surface area contributed by atoms with Gasteiger partial charge in [0.1, 0.15) is 23.9 Å². The first-order chi connectivity index (χ1) is 13.6. The molecule has 3 aromatic rings. The molecule has 0 saturated carbocycles. The van der Waals surface area contributed by atoms with Crippen LogP contribution >= 0.6 is 11.6 Å². The van der Waals surface area contributed by atoms with E-state index in [1.807, 2.05) is 54.6 Å². The lowest BCUT2D eigenvalue weighted by Crippen LogP contribution is -2.07. The van der Waals surface area contributed by atoms with Crippen molar-refractivity contribution in [1.29, 1.82) is 0 Å². The van der Waals surface area contributed by atoms with Gasteiger partial charge in [-0.2, -0.15) is 0 Å². The highest BCUT2D eigenvalue weighted by Gasteiger charge is 2.10. The van der Waals surface area contributed by atoms with Crippen LogP contribution in [0.5, 0.6) is 17.2 Å². The van der Waals surface area contributed by atoms with E-state index >= 15 is 0 Å². The summed E-state index contributed by atoms with van der Waals surface area (Å²) in [6.07, 6.45) is 0.135. The van der Waals surface area contributed by atoms with E-state index < -0.39 is 0 Å². The van der Waals surface area contributed by atoms with Crippen LogP contribution in [0.4, 0.5) is 0 Å². The van der Waals surface area contributed by atoms with Crippen molar-refractivity contribution >= 4 is 17.6 Å². The van der Waals surface area contributed by atoms with Crippen LogP contribution in [-0.2, 0) is 22.6 Å². The molecule has 0 N–H and O–H groups in total. The highest BCUT2D eigenvalue weighted by molar-refractivity contribution is 6.31. The van der Waals surface area contributed by atoms with Gasteiger partial charge >= 0.3 is 5.97 Å². The Bertz CT molecular complexity index is 925. The Labute approximate surface area is 169 Å². The van der Waals surface area contributed by atoms with Crippen LogP contribution in [0.15, 0.2) is 72.8 Å². The Hall–Kier alpha value is -2.98. The van der Waals surface area contributed by atoms with Gasteiger partial charge in [0.05, 0.1) is 13.0 Å². The summed E-state index contributed by atoms with van der Waals surface area (Å²) in [7, 11) is 0. The molecular formula is C23H21ClO4. The van der Waals surface area contributed by atoms with Crippen molar-refractivity contribution in [3.05, 3.63) is 88.9 Å². The second-order valence-corrected chi connectivity index (χ2v) is 6.49. The molecule has 0 amide bonds. The fourth-order valence-electron chi connectivity index (χ4n) is 2.61. The molecule has 0 fully saturated rings. The normalized spacial score (nSPS) is 10.4. The minimum Gasteiger partial charge on any atom is -0.489 e. The zero-order valence-electron chi connectivity index (χ0n) is 15.6. The van der Waals surface area contributed by atoms with Gasteiger partial charge in [0, 0.05) is 11.1 Å². The van der Waals surface area contributed by atoms with E-state index in [0.717, 1.165) is 5.56 Å². The molecule has 0 heterocycles. The zero-order chi connectivity index (χ0) is 19.8. The second kappa shape index (κ2) is 9.81. The molecule has 0 aliphatic heterocycles. The predicted octanol–water partition coefficient (Wildman–Crippen LogP) is 5.82. The van der Waals surface area contributed by atoms with Crippen LogP contribution in [0, 0.1) is 0 Å². The predicted molar refractivity (Wildman–Crippen MR) is 109 cm³/mol. The Morgan fingerprint density at radius 2 is 1.64 bits per heavy atom. The van der Waals surface area contributed by atoms with E-state index in [9.17, 15) is 4.79 Å². The Morgan fingerprint density at radius 3 is 2.39 bits per heavy atom. The number of carbonyl (C=O) groups excluding carboxylic acids is 1. The van der Waals surface area contributed by atoms with Crippen molar-refractivity contribution < 1.29 is 19.0 Å². The van der Waals surface area contributed by atoms with Crippen molar-refractivity contribution in [2.45, 2.75) is 20.0 Å². The largest absolute Gasteiger partial charge is 0.489 e. The average molecular weight is 397 g/mol. The van der Waals surface area contributed by atoms with E-state index in [4.69, 9.17) is 25.8 Å². The number of hydrogen-bond acceptors (Lipinski definition) is 4. The van der Waals surface area contributed by atoms with Gasteiger partial charge in [-0.3, -0.25) is 4.79 Å². The van der Waals surface area contributed by atoms with Crippen LogP contribution in [0.2, 0.25) is 5.02 Å².